The standard InChI is InChI=1S/C34H28N2O2/c1-22-13-16-28(18-24(22)3)36-34(37)27(20-35)19-31-29-10-6-4-9-26(29)15-17-33(31)38-21-32-23(2)12-14-25-8-5-7-11-30(25)32/h4-19H,21H2,1-3H3,(H,36,37)/b27-19+. The Labute approximate surface area is 222 Å². The number of rotatable bonds is 6. The van der Waals surface area contributed by atoms with Crippen LogP contribution >= 0.6 is 0 Å². The van der Waals surface area contributed by atoms with Gasteiger partial charge in [-0.25, -0.2) is 0 Å². The van der Waals surface area contributed by atoms with Gasteiger partial charge in [0.2, 0.25) is 0 Å². The number of amides is 1. The highest BCUT2D eigenvalue weighted by molar-refractivity contribution is 6.11. The first-order chi connectivity index (χ1) is 18.4. The molecule has 1 N–H and O–H groups in total. The summed E-state index contributed by atoms with van der Waals surface area (Å²) in [6.45, 7) is 6.45. The maximum Gasteiger partial charge on any atom is 0.266 e. The first-order valence-electron chi connectivity index (χ1n) is 12.6. The van der Waals surface area contributed by atoms with E-state index in [-0.39, 0.29) is 5.57 Å². The predicted octanol–water partition coefficient (Wildman–Crippen LogP) is 8.04. The number of aryl methyl sites for hydroxylation is 3. The number of hydrogen-bond donors (Lipinski definition) is 1. The third kappa shape index (κ3) is 5.00. The second-order valence-corrected chi connectivity index (χ2v) is 9.49. The van der Waals surface area contributed by atoms with E-state index >= 15 is 0 Å². The van der Waals surface area contributed by atoms with Crippen LogP contribution in [0.2, 0.25) is 0 Å². The maximum atomic E-state index is 13.1. The van der Waals surface area contributed by atoms with Crippen molar-refractivity contribution in [1.82, 2.24) is 0 Å². The smallest absolute Gasteiger partial charge is 0.266 e. The van der Waals surface area contributed by atoms with Crippen molar-refractivity contribution in [3.05, 3.63) is 124 Å². The van der Waals surface area contributed by atoms with Gasteiger partial charge in [0.25, 0.3) is 5.91 Å². The van der Waals surface area contributed by atoms with Crippen molar-refractivity contribution >= 4 is 39.2 Å². The summed E-state index contributed by atoms with van der Waals surface area (Å²) in [4.78, 5) is 13.1. The third-order valence-electron chi connectivity index (χ3n) is 7.00. The highest BCUT2D eigenvalue weighted by Crippen LogP contribution is 2.32. The molecule has 186 valence electrons. The van der Waals surface area contributed by atoms with Crippen LogP contribution in [-0.2, 0) is 11.4 Å². The molecule has 0 saturated carbocycles. The number of hydrogen-bond acceptors (Lipinski definition) is 3. The van der Waals surface area contributed by atoms with E-state index in [0.29, 0.717) is 23.6 Å². The summed E-state index contributed by atoms with van der Waals surface area (Å²) in [5, 5.41) is 17.0. The number of nitrogens with zero attached hydrogens (tertiary/aromatic N) is 1. The minimum absolute atomic E-state index is 0.00534. The molecule has 4 nitrogen and oxygen atoms in total. The molecule has 0 saturated heterocycles. The number of fused-ring (bicyclic) bond motifs is 2. The van der Waals surface area contributed by atoms with Crippen molar-refractivity contribution in [3.8, 4) is 11.8 Å². The van der Waals surface area contributed by atoms with Crippen LogP contribution in [0.15, 0.2) is 96.6 Å². The van der Waals surface area contributed by atoms with E-state index < -0.39 is 5.91 Å². The zero-order chi connectivity index (χ0) is 26.6. The minimum Gasteiger partial charge on any atom is -0.488 e. The summed E-state index contributed by atoms with van der Waals surface area (Å²) >= 11 is 0. The summed E-state index contributed by atoms with van der Waals surface area (Å²) in [5.41, 5.74) is 5.82. The van der Waals surface area contributed by atoms with E-state index in [1.54, 1.807) is 6.08 Å². The molecule has 0 heterocycles. The number of carbonyl (C=O) groups excluding carboxylic acids is 1. The van der Waals surface area contributed by atoms with Crippen LogP contribution in [0.4, 0.5) is 5.69 Å². The average molecular weight is 497 g/mol. The van der Waals surface area contributed by atoms with Gasteiger partial charge in [-0.3, -0.25) is 4.79 Å². The molecule has 0 aromatic heterocycles. The van der Waals surface area contributed by atoms with Gasteiger partial charge >= 0.3 is 0 Å². The van der Waals surface area contributed by atoms with Crippen molar-refractivity contribution in [1.29, 1.82) is 5.26 Å². The highest BCUT2D eigenvalue weighted by Gasteiger charge is 2.15. The second kappa shape index (κ2) is 10.6. The molecule has 5 aromatic rings. The van der Waals surface area contributed by atoms with E-state index in [9.17, 15) is 10.1 Å². The Morgan fingerprint density at radius 1 is 0.816 bits per heavy atom. The van der Waals surface area contributed by atoms with Gasteiger partial charge in [0.1, 0.15) is 24.0 Å². The Morgan fingerprint density at radius 2 is 1.47 bits per heavy atom. The van der Waals surface area contributed by atoms with Crippen LogP contribution in [0.25, 0.3) is 27.6 Å². The Balaban J connectivity index is 1.53. The van der Waals surface area contributed by atoms with Crippen LogP contribution in [0.3, 0.4) is 0 Å². The van der Waals surface area contributed by atoms with E-state index in [2.05, 4.69) is 42.6 Å². The highest BCUT2D eigenvalue weighted by atomic mass is 16.5. The zero-order valence-corrected chi connectivity index (χ0v) is 21.7. The van der Waals surface area contributed by atoms with E-state index in [4.69, 9.17) is 4.74 Å². The molecule has 0 fully saturated rings. The van der Waals surface area contributed by atoms with E-state index in [1.807, 2.05) is 80.6 Å². The van der Waals surface area contributed by atoms with Gasteiger partial charge in [-0.1, -0.05) is 72.8 Å². The summed E-state index contributed by atoms with van der Waals surface area (Å²) < 4.78 is 6.41. The number of nitrogens with one attached hydrogen (secondary N) is 1. The van der Waals surface area contributed by atoms with Gasteiger partial charge in [0.05, 0.1) is 0 Å². The Hall–Kier alpha value is -4.88. The quantitative estimate of drug-likeness (QED) is 0.191. The lowest BCUT2D eigenvalue weighted by atomic mass is 9.99. The van der Waals surface area contributed by atoms with Crippen LogP contribution in [0.1, 0.15) is 27.8 Å². The van der Waals surface area contributed by atoms with Gasteiger partial charge in [-0.05, 0) is 83.3 Å². The summed E-state index contributed by atoms with van der Waals surface area (Å²) in [5.74, 6) is 0.155. The molecule has 5 aromatic carbocycles. The number of ether oxygens (including phenoxy) is 1. The number of nitriles is 1. The van der Waals surface area contributed by atoms with Crippen LogP contribution in [0.5, 0.6) is 5.75 Å². The number of benzene rings is 5. The third-order valence-corrected chi connectivity index (χ3v) is 7.00. The van der Waals surface area contributed by atoms with E-state index in [1.165, 1.54) is 0 Å². The van der Waals surface area contributed by atoms with Gasteiger partial charge in [0.15, 0.2) is 0 Å². The lowest BCUT2D eigenvalue weighted by molar-refractivity contribution is -0.112. The van der Waals surface area contributed by atoms with Crippen LogP contribution < -0.4 is 10.1 Å². The van der Waals surface area contributed by atoms with Crippen LogP contribution in [-0.4, -0.2) is 5.91 Å². The molecule has 0 spiro atoms. The molecule has 4 heteroatoms. The van der Waals surface area contributed by atoms with Crippen molar-refractivity contribution in [2.75, 3.05) is 5.32 Å². The fraction of sp³-hybridized carbons (Fsp3) is 0.118. The minimum atomic E-state index is -0.459. The lowest BCUT2D eigenvalue weighted by Gasteiger charge is -2.15. The molecule has 0 bridgehead atoms. The molecule has 5 rings (SSSR count). The van der Waals surface area contributed by atoms with Gasteiger partial charge in [-0.2, -0.15) is 5.26 Å². The Morgan fingerprint density at radius 3 is 2.21 bits per heavy atom. The lowest BCUT2D eigenvalue weighted by Crippen LogP contribution is -2.13. The summed E-state index contributed by atoms with van der Waals surface area (Å²) in [6, 6.07) is 32.1. The average Bonchev–Trinajstić information content (AvgIpc) is 2.93. The summed E-state index contributed by atoms with van der Waals surface area (Å²) in [7, 11) is 0. The summed E-state index contributed by atoms with van der Waals surface area (Å²) in [6.07, 6.45) is 1.63. The number of carbonyl (C=O) groups is 1. The first kappa shape index (κ1) is 24.8. The molecule has 0 aliphatic heterocycles. The molecule has 0 atom stereocenters. The molecular weight excluding hydrogens is 468 g/mol. The number of anilines is 1. The maximum absolute atomic E-state index is 13.1. The molecule has 38 heavy (non-hydrogen) atoms. The van der Waals surface area contributed by atoms with Crippen LogP contribution in [0, 0.1) is 32.1 Å². The van der Waals surface area contributed by atoms with Gasteiger partial charge in [0, 0.05) is 16.8 Å². The zero-order valence-electron chi connectivity index (χ0n) is 21.7. The van der Waals surface area contributed by atoms with Crippen molar-refractivity contribution in [2.45, 2.75) is 27.4 Å². The molecular formula is C34H28N2O2. The van der Waals surface area contributed by atoms with Crippen molar-refractivity contribution in [2.24, 2.45) is 0 Å². The second-order valence-electron chi connectivity index (χ2n) is 9.49. The molecule has 0 radical (unpaired) electrons. The monoisotopic (exact) mass is 496 g/mol. The van der Waals surface area contributed by atoms with Gasteiger partial charge in [-0.15, -0.1) is 0 Å². The molecule has 0 unspecified atom stereocenters. The predicted molar refractivity (Wildman–Crippen MR) is 155 cm³/mol. The molecule has 1 amide bonds. The molecule has 0 aliphatic rings. The largest absolute Gasteiger partial charge is 0.488 e. The Kier molecular flexibility index (Phi) is 6.93. The fourth-order valence-corrected chi connectivity index (χ4v) is 4.65. The van der Waals surface area contributed by atoms with Crippen molar-refractivity contribution in [3.63, 3.8) is 0 Å². The van der Waals surface area contributed by atoms with Gasteiger partial charge < -0.3 is 10.1 Å². The normalized spacial score (nSPS) is 11.4. The van der Waals surface area contributed by atoms with Crippen molar-refractivity contribution < 1.29 is 9.53 Å². The topological polar surface area (TPSA) is 62.1 Å². The SMILES string of the molecule is Cc1ccc(NC(=O)/C(C#N)=C/c2c(OCc3c(C)ccc4ccccc34)ccc3ccccc23)cc1C. The van der Waals surface area contributed by atoms with E-state index in [0.717, 1.165) is 43.8 Å². The Bertz CT molecular complexity index is 1760. The fourth-order valence-electron chi connectivity index (χ4n) is 4.65. The molecule has 0 aliphatic carbocycles. The first-order valence-corrected chi connectivity index (χ1v) is 12.6.